The Labute approximate surface area is 119 Å². The Kier molecular flexibility index (Phi) is 3.02. The van der Waals surface area contributed by atoms with Gasteiger partial charge in [0.1, 0.15) is 6.54 Å². The first-order valence-electron chi connectivity index (χ1n) is 6.07. The largest absolute Gasteiger partial charge is 0.423 e. The van der Waals surface area contributed by atoms with E-state index < -0.39 is 11.7 Å². The Morgan fingerprint density at radius 3 is 2.70 bits per heavy atom. The lowest BCUT2D eigenvalue weighted by atomic mass is 10.1. The average molecular weight is 292 g/mol. The van der Waals surface area contributed by atoms with Crippen LogP contribution in [0.4, 0.5) is 5.69 Å². The van der Waals surface area contributed by atoms with Crippen molar-refractivity contribution in [2.75, 3.05) is 4.90 Å². The number of anilines is 1. The van der Waals surface area contributed by atoms with Gasteiger partial charge >= 0.3 is 0 Å². The fourth-order valence-corrected chi connectivity index (χ4v) is 2.23. The van der Waals surface area contributed by atoms with Gasteiger partial charge in [0.05, 0.1) is 11.3 Å². The number of Topliss-reactive ketones (excluding diaryl/α,β-unsaturated/α-hetero) is 1. The van der Waals surface area contributed by atoms with Crippen LogP contribution in [0.3, 0.4) is 0 Å². The normalized spacial score (nSPS) is 14.0. The number of benzene rings is 1. The van der Waals surface area contributed by atoms with Crippen molar-refractivity contribution >= 4 is 29.0 Å². The van der Waals surface area contributed by atoms with Crippen LogP contribution >= 0.6 is 11.6 Å². The van der Waals surface area contributed by atoms with Crippen LogP contribution < -0.4 is 4.90 Å². The Hall–Kier alpha value is -2.21. The Morgan fingerprint density at radius 2 is 2.00 bits per heavy atom. The van der Waals surface area contributed by atoms with Crippen molar-refractivity contribution in [3.05, 3.63) is 40.6 Å². The number of ketones is 1. The number of hydrogen-bond donors (Lipinski definition) is 0. The molecule has 2 heterocycles. The van der Waals surface area contributed by atoms with Gasteiger partial charge < -0.3 is 4.42 Å². The highest BCUT2D eigenvalue weighted by atomic mass is 35.5. The predicted molar refractivity (Wildman–Crippen MR) is 70.6 cm³/mol. The number of nitrogens with zero attached hydrogens (tertiary/aromatic N) is 3. The van der Waals surface area contributed by atoms with Crippen LogP contribution in [0, 0.1) is 0 Å². The summed E-state index contributed by atoms with van der Waals surface area (Å²) < 4.78 is 5.36. The van der Waals surface area contributed by atoms with E-state index in [0.29, 0.717) is 34.5 Å². The number of amides is 1. The molecular weight excluding hydrogens is 282 g/mol. The van der Waals surface area contributed by atoms with Crippen molar-refractivity contribution in [3.63, 3.8) is 0 Å². The summed E-state index contributed by atoms with van der Waals surface area (Å²) >= 11 is 5.84. The SMILES string of the molecule is CCc1nnc(CN2C(=O)C(=O)c3cc(Cl)ccc32)o1. The molecule has 0 atom stereocenters. The van der Waals surface area contributed by atoms with E-state index in [0.717, 1.165) is 0 Å². The lowest BCUT2D eigenvalue weighted by molar-refractivity contribution is -0.114. The molecule has 0 saturated heterocycles. The van der Waals surface area contributed by atoms with Crippen LogP contribution in [0.25, 0.3) is 0 Å². The van der Waals surface area contributed by atoms with Gasteiger partial charge in [-0.05, 0) is 18.2 Å². The van der Waals surface area contributed by atoms with E-state index in [1.165, 1.54) is 11.0 Å². The number of fused-ring (bicyclic) bond motifs is 1. The molecule has 1 aromatic heterocycles. The minimum atomic E-state index is -0.612. The van der Waals surface area contributed by atoms with Gasteiger partial charge in [0.15, 0.2) is 0 Å². The van der Waals surface area contributed by atoms with Crippen molar-refractivity contribution in [2.24, 2.45) is 0 Å². The van der Waals surface area contributed by atoms with Crippen LogP contribution in [0.15, 0.2) is 22.6 Å². The third-order valence-electron chi connectivity index (χ3n) is 3.04. The van der Waals surface area contributed by atoms with Crippen molar-refractivity contribution in [1.29, 1.82) is 0 Å². The molecule has 1 aliphatic rings. The molecule has 0 unspecified atom stereocenters. The minimum Gasteiger partial charge on any atom is -0.423 e. The minimum absolute atomic E-state index is 0.0756. The van der Waals surface area contributed by atoms with E-state index in [2.05, 4.69) is 10.2 Å². The molecule has 3 rings (SSSR count). The smallest absolute Gasteiger partial charge is 0.299 e. The predicted octanol–water partition coefficient (Wildman–Crippen LogP) is 2.01. The topological polar surface area (TPSA) is 76.3 Å². The summed E-state index contributed by atoms with van der Waals surface area (Å²) in [6, 6.07) is 4.75. The molecule has 0 aliphatic carbocycles. The highest BCUT2D eigenvalue weighted by Crippen LogP contribution is 2.32. The second kappa shape index (κ2) is 4.72. The summed E-state index contributed by atoms with van der Waals surface area (Å²) in [5.74, 6) is -0.392. The fourth-order valence-electron chi connectivity index (χ4n) is 2.06. The van der Waals surface area contributed by atoms with Gasteiger partial charge in [0.25, 0.3) is 11.7 Å². The summed E-state index contributed by atoms with van der Waals surface area (Å²) in [5, 5.41) is 8.10. The summed E-state index contributed by atoms with van der Waals surface area (Å²) in [6.45, 7) is 1.96. The Balaban J connectivity index is 1.95. The lowest BCUT2D eigenvalue weighted by Gasteiger charge is -2.13. The molecule has 1 aromatic carbocycles. The number of rotatable bonds is 3. The number of halogens is 1. The summed E-state index contributed by atoms with van der Waals surface area (Å²) in [5.41, 5.74) is 0.818. The molecule has 0 radical (unpaired) electrons. The first-order chi connectivity index (χ1) is 9.60. The zero-order valence-electron chi connectivity index (χ0n) is 10.6. The van der Waals surface area contributed by atoms with Crippen molar-refractivity contribution in [3.8, 4) is 0 Å². The van der Waals surface area contributed by atoms with E-state index in [1.54, 1.807) is 12.1 Å². The monoisotopic (exact) mass is 291 g/mol. The van der Waals surface area contributed by atoms with Gasteiger partial charge in [-0.1, -0.05) is 18.5 Å². The van der Waals surface area contributed by atoms with Crippen LogP contribution in [-0.2, 0) is 17.8 Å². The highest BCUT2D eigenvalue weighted by molar-refractivity contribution is 6.52. The summed E-state index contributed by atoms with van der Waals surface area (Å²) in [6.07, 6.45) is 0.617. The molecule has 1 aliphatic heterocycles. The quantitative estimate of drug-likeness (QED) is 0.809. The Morgan fingerprint density at radius 1 is 1.25 bits per heavy atom. The molecule has 0 saturated carbocycles. The van der Waals surface area contributed by atoms with E-state index in [9.17, 15) is 9.59 Å². The molecule has 6 nitrogen and oxygen atoms in total. The van der Waals surface area contributed by atoms with E-state index in [4.69, 9.17) is 16.0 Å². The molecule has 0 N–H and O–H groups in total. The van der Waals surface area contributed by atoms with Gasteiger partial charge in [-0.3, -0.25) is 14.5 Å². The third kappa shape index (κ3) is 1.98. The maximum atomic E-state index is 12.0. The molecule has 0 spiro atoms. The molecule has 0 fully saturated rings. The molecule has 7 heteroatoms. The third-order valence-corrected chi connectivity index (χ3v) is 3.27. The summed E-state index contributed by atoms with van der Waals surface area (Å²) in [7, 11) is 0. The molecular formula is C13H10ClN3O3. The average Bonchev–Trinajstić information content (AvgIpc) is 2.99. The van der Waals surface area contributed by atoms with Crippen molar-refractivity contribution in [1.82, 2.24) is 10.2 Å². The number of carbonyl (C=O) groups excluding carboxylic acids is 2. The van der Waals surface area contributed by atoms with Crippen LogP contribution in [-0.4, -0.2) is 21.9 Å². The van der Waals surface area contributed by atoms with Gasteiger partial charge in [-0.15, -0.1) is 10.2 Å². The first-order valence-corrected chi connectivity index (χ1v) is 6.45. The van der Waals surface area contributed by atoms with E-state index in [1.807, 2.05) is 6.92 Å². The van der Waals surface area contributed by atoms with Crippen molar-refractivity contribution in [2.45, 2.75) is 19.9 Å². The number of aromatic nitrogens is 2. The lowest BCUT2D eigenvalue weighted by Crippen LogP contribution is -2.29. The number of aryl methyl sites for hydroxylation is 1. The number of hydrogen-bond acceptors (Lipinski definition) is 5. The van der Waals surface area contributed by atoms with E-state index >= 15 is 0 Å². The molecule has 20 heavy (non-hydrogen) atoms. The molecule has 2 aromatic rings. The molecule has 0 bridgehead atoms. The molecule has 1 amide bonds. The van der Waals surface area contributed by atoms with Gasteiger partial charge in [-0.2, -0.15) is 0 Å². The van der Waals surface area contributed by atoms with Crippen LogP contribution in [0.2, 0.25) is 5.02 Å². The zero-order valence-corrected chi connectivity index (χ0v) is 11.3. The highest BCUT2D eigenvalue weighted by Gasteiger charge is 2.36. The van der Waals surface area contributed by atoms with Crippen molar-refractivity contribution < 1.29 is 14.0 Å². The Bertz CT molecular complexity index is 711. The summed E-state index contributed by atoms with van der Waals surface area (Å²) in [4.78, 5) is 25.2. The standard InChI is InChI=1S/C13H10ClN3O3/c1-2-10-15-16-11(20-10)6-17-9-4-3-7(14)5-8(9)12(18)13(17)19/h3-5H,2,6H2,1H3. The van der Waals surface area contributed by atoms with Gasteiger partial charge in [0, 0.05) is 11.4 Å². The van der Waals surface area contributed by atoms with Crippen LogP contribution in [0.1, 0.15) is 29.1 Å². The van der Waals surface area contributed by atoms with Gasteiger partial charge in [0.2, 0.25) is 11.8 Å². The maximum Gasteiger partial charge on any atom is 0.299 e. The van der Waals surface area contributed by atoms with E-state index in [-0.39, 0.29) is 6.54 Å². The zero-order chi connectivity index (χ0) is 14.3. The fraction of sp³-hybridized carbons (Fsp3) is 0.231. The first kappa shape index (κ1) is 12.8. The second-order valence-corrected chi connectivity index (χ2v) is 4.76. The maximum absolute atomic E-state index is 12.0. The van der Waals surface area contributed by atoms with Gasteiger partial charge in [-0.25, -0.2) is 0 Å². The van der Waals surface area contributed by atoms with Crippen LogP contribution in [0.5, 0.6) is 0 Å². The number of carbonyl (C=O) groups is 2. The second-order valence-electron chi connectivity index (χ2n) is 4.32. The molecule has 102 valence electrons.